The highest BCUT2D eigenvalue weighted by Crippen LogP contribution is 2.50. The average Bonchev–Trinajstić information content (AvgIpc) is 3.79. The number of nitrogens with one attached hydrogen (secondary N) is 1. The van der Waals surface area contributed by atoms with Crippen LogP contribution in [0.25, 0.3) is 16.6 Å². The number of aromatic nitrogens is 2. The second-order valence-corrected chi connectivity index (χ2v) is 17.8. The molecule has 6 aliphatic heterocycles. The van der Waals surface area contributed by atoms with Gasteiger partial charge in [0.1, 0.15) is 17.6 Å². The van der Waals surface area contributed by atoms with Crippen LogP contribution in [0.15, 0.2) is 53.3 Å². The fourth-order valence-electron chi connectivity index (χ4n) is 10.6. The summed E-state index contributed by atoms with van der Waals surface area (Å²) in [5, 5.41) is 3.30. The van der Waals surface area contributed by atoms with E-state index in [1.165, 1.54) is 16.7 Å². The molecule has 11 nitrogen and oxygen atoms in total. The van der Waals surface area contributed by atoms with Gasteiger partial charge in [0.15, 0.2) is 0 Å². The number of piperidine rings is 3. The SMILES string of the molecule is CC1(C)c2cc(C3CCN(CCCN4CCC5(CC4)COc4c5ccc5c4CN(C4CCC(=O)NC4=O)C5=O)CC3)ccc2-n2c1nc(=O)c1c(Cl)cccc12. The van der Waals surface area contributed by atoms with Gasteiger partial charge in [-0.3, -0.25) is 29.1 Å². The van der Waals surface area contributed by atoms with Crippen molar-refractivity contribution in [1.82, 2.24) is 29.6 Å². The number of imide groups is 1. The Morgan fingerprint density at radius 2 is 1.68 bits per heavy atom. The van der Waals surface area contributed by atoms with E-state index in [1.54, 1.807) is 11.0 Å². The van der Waals surface area contributed by atoms with Crippen LogP contribution in [0.1, 0.15) is 103 Å². The van der Waals surface area contributed by atoms with Crippen LogP contribution in [-0.4, -0.2) is 93.9 Å². The first-order valence-electron chi connectivity index (χ1n) is 20.3. The lowest BCUT2D eigenvalue weighted by molar-refractivity contribution is -0.136. The molecule has 1 unspecified atom stereocenters. The van der Waals surface area contributed by atoms with E-state index in [9.17, 15) is 19.2 Å². The Hall–Kier alpha value is -4.58. The van der Waals surface area contributed by atoms with Crippen LogP contribution >= 0.6 is 11.6 Å². The second kappa shape index (κ2) is 13.2. The summed E-state index contributed by atoms with van der Waals surface area (Å²) in [6, 6.07) is 15.9. The molecule has 1 aromatic heterocycles. The minimum atomic E-state index is -0.625. The van der Waals surface area contributed by atoms with Crippen molar-refractivity contribution < 1.29 is 19.1 Å². The lowest BCUT2D eigenvalue weighted by Crippen LogP contribution is -2.52. The summed E-state index contributed by atoms with van der Waals surface area (Å²) in [6.45, 7) is 11.7. The van der Waals surface area contributed by atoms with Gasteiger partial charge in [-0.05, 0) is 133 Å². The van der Waals surface area contributed by atoms with Gasteiger partial charge >= 0.3 is 0 Å². The molecule has 3 aromatic carbocycles. The number of rotatable bonds is 6. The zero-order chi connectivity index (χ0) is 38.5. The molecule has 1 spiro atoms. The molecule has 0 radical (unpaired) electrons. The van der Waals surface area contributed by atoms with Gasteiger partial charge in [0, 0.05) is 28.5 Å². The van der Waals surface area contributed by atoms with Crippen LogP contribution in [0.4, 0.5) is 0 Å². The van der Waals surface area contributed by atoms with Gasteiger partial charge in [-0.1, -0.05) is 35.9 Å². The monoisotopic (exact) mass is 774 g/mol. The number of hydrogen-bond acceptors (Lipinski definition) is 8. The van der Waals surface area contributed by atoms with E-state index < -0.39 is 11.5 Å². The molecule has 7 heterocycles. The summed E-state index contributed by atoms with van der Waals surface area (Å²) in [4.78, 5) is 62.1. The van der Waals surface area contributed by atoms with Gasteiger partial charge in [0.2, 0.25) is 11.8 Å². The molecule has 290 valence electrons. The maximum atomic E-state index is 13.4. The molecule has 0 saturated carbocycles. The summed E-state index contributed by atoms with van der Waals surface area (Å²) < 4.78 is 8.52. The predicted octanol–water partition coefficient (Wildman–Crippen LogP) is 5.44. The molecule has 1 atom stereocenters. The Morgan fingerprint density at radius 3 is 2.45 bits per heavy atom. The number of hydrogen-bond donors (Lipinski definition) is 1. The van der Waals surface area contributed by atoms with E-state index in [-0.39, 0.29) is 35.1 Å². The van der Waals surface area contributed by atoms with E-state index in [0.29, 0.717) is 41.5 Å². The number of likely N-dealkylation sites (tertiary alicyclic amines) is 2. The predicted molar refractivity (Wildman–Crippen MR) is 213 cm³/mol. The van der Waals surface area contributed by atoms with Crippen LogP contribution in [0.3, 0.4) is 0 Å². The van der Waals surface area contributed by atoms with Crippen LogP contribution in [0, 0.1) is 0 Å². The van der Waals surface area contributed by atoms with Crippen molar-refractivity contribution in [2.75, 3.05) is 45.9 Å². The smallest absolute Gasteiger partial charge is 0.282 e. The topological polar surface area (TPSA) is 117 Å². The highest BCUT2D eigenvalue weighted by Gasteiger charge is 2.48. The summed E-state index contributed by atoms with van der Waals surface area (Å²) in [7, 11) is 0. The molecule has 3 saturated heterocycles. The second-order valence-electron chi connectivity index (χ2n) is 17.4. The zero-order valence-corrected chi connectivity index (χ0v) is 32.8. The van der Waals surface area contributed by atoms with Crippen molar-refractivity contribution in [2.45, 2.75) is 88.1 Å². The summed E-state index contributed by atoms with van der Waals surface area (Å²) >= 11 is 6.47. The Bertz CT molecular complexity index is 2390. The molecule has 3 amide bonds. The van der Waals surface area contributed by atoms with Gasteiger partial charge < -0.3 is 19.4 Å². The molecule has 6 aliphatic rings. The molecule has 56 heavy (non-hydrogen) atoms. The molecule has 1 N–H and O–H groups in total. The van der Waals surface area contributed by atoms with Gasteiger partial charge in [-0.2, -0.15) is 4.98 Å². The average molecular weight is 775 g/mol. The lowest BCUT2D eigenvalue weighted by Gasteiger charge is -2.39. The third-order valence-electron chi connectivity index (χ3n) is 13.9. The van der Waals surface area contributed by atoms with E-state index in [2.05, 4.69) is 62.8 Å². The maximum Gasteiger partial charge on any atom is 0.282 e. The number of nitrogens with zero attached hydrogens (tertiary/aromatic N) is 5. The van der Waals surface area contributed by atoms with Crippen molar-refractivity contribution in [1.29, 1.82) is 0 Å². The molecular weight excluding hydrogens is 728 g/mol. The fraction of sp³-hybridized carbons (Fsp3) is 0.477. The van der Waals surface area contributed by atoms with E-state index in [1.807, 2.05) is 18.2 Å². The normalized spacial score (nSPS) is 22.9. The quantitative estimate of drug-likeness (QED) is 0.258. The minimum Gasteiger partial charge on any atom is -0.492 e. The first-order valence-corrected chi connectivity index (χ1v) is 20.7. The molecule has 12 heteroatoms. The number of halogens is 1. The van der Waals surface area contributed by atoms with Crippen LogP contribution < -0.4 is 15.6 Å². The molecule has 0 bridgehead atoms. The third kappa shape index (κ3) is 5.56. The van der Waals surface area contributed by atoms with E-state index >= 15 is 0 Å². The Balaban J connectivity index is 0.730. The van der Waals surface area contributed by atoms with Crippen molar-refractivity contribution in [3.05, 3.63) is 97.5 Å². The molecule has 10 rings (SSSR count). The molecule has 0 aliphatic carbocycles. The van der Waals surface area contributed by atoms with Crippen LogP contribution in [0.2, 0.25) is 5.02 Å². The molecule has 3 fully saturated rings. The summed E-state index contributed by atoms with van der Waals surface area (Å²) in [6.07, 6.45) is 6.05. The standard InChI is InChI=1S/C44H47ClN6O5/c1-43(2)31-23-27(7-10-33(31)51-34-6-3-5-32(45)37(34)40(54)47-42(43)51)26-13-19-48(20-14-26)17-4-18-49-21-15-44(16-22-49)25-56-38-29-24-50(35-11-12-36(52)46-39(35)53)41(55)28(29)8-9-30(38)44/h3,5-10,23,26,35H,4,11-22,24-25H2,1-2H3,(H,46,52,53). The first kappa shape index (κ1) is 35.8. The Morgan fingerprint density at radius 1 is 0.911 bits per heavy atom. The first-order chi connectivity index (χ1) is 27.0. The van der Waals surface area contributed by atoms with E-state index in [0.717, 1.165) is 99.7 Å². The minimum absolute atomic E-state index is 0.0426. The Labute approximate surface area is 330 Å². The molecule has 4 aromatic rings. The highest BCUT2D eigenvalue weighted by atomic mass is 35.5. The van der Waals surface area contributed by atoms with Crippen molar-refractivity contribution in [3.63, 3.8) is 0 Å². The number of ether oxygens (including phenoxy) is 1. The third-order valence-corrected chi connectivity index (χ3v) is 14.2. The van der Waals surface area contributed by atoms with Crippen LogP contribution in [-0.2, 0) is 27.0 Å². The molecular formula is C44H47ClN6O5. The van der Waals surface area contributed by atoms with Gasteiger partial charge in [-0.25, -0.2) is 0 Å². The number of carbonyl (C=O) groups excluding carboxylic acids is 3. The number of amides is 3. The number of carbonyl (C=O) groups is 3. The zero-order valence-electron chi connectivity index (χ0n) is 32.0. The van der Waals surface area contributed by atoms with Crippen molar-refractivity contribution >= 4 is 40.2 Å². The van der Waals surface area contributed by atoms with E-state index in [4.69, 9.17) is 16.3 Å². The van der Waals surface area contributed by atoms with Gasteiger partial charge in [-0.15, -0.1) is 0 Å². The Kier molecular flexibility index (Phi) is 8.47. The maximum absolute atomic E-state index is 13.4. The van der Waals surface area contributed by atoms with Crippen LogP contribution in [0.5, 0.6) is 5.75 Å². The largest absolute Gasteiger partial charge is 0.492 e. The number of fused-ring (bicyclic) bond motifs is 9. The fourth-order valence-corrected chi connectivity index (χ4v) is 10.9. The number of benzene rings is 3. The highest BCUT2D eigenvalue weighted by molar-refractivity contribution is 6.35. The lowest BCUT2D eigenvalue weighted by atomic mass is 9.74. The van der Waals surface area contributed by atoms with Gasteiger partial charge in [0.05, 0.1) is 40.2 Å². The van der Waals surface area contributed by atoms with Gasteiger partial charge in [0.25, 0.3) is 11.5 Å². The van der Waals surface area contributed by atoms with Crippen molar-refractivity contribution in [3.8, 4) is 11.4 Å². The summed E-state index contributed by atoms with van der Waals surface area (Å²) in [5.41, 5.74) is 6.48. The van der Waals surface area contributed by atoms with Crippen molar-refractivity contribution in [2.24, 2.45) is 0 Å². The summed E-state index contributed by atoms with van der Waals surface area (Å²) in [5.74, 6) is 1.29.